The third kappa shape index (κ3) is 4.75. The molecule has 2 aromatic rings. The molecule has 2 aromatic carbocycles. The number of ether oxygens (including phenoxy) is 1. The van der Waals surface area contributed by atoms with E-state index in [1.165, 1.54) is 18.6 Å². The first-order valence-corrected chi connectivity index (χ1v) is 9.07. The zero-order chi connectivity index (χ0) is 19.2. The number of carbonyl (C=O) groups is 1. The highest BCUT2D eigenvalue weighted by Gasteiger charge is 2.20. The second kappa shape index (κ2) is 8.53. The molecule has 7 heteroatoms. The number of methoxy groups -OCH3 is 1. The van der Waals surface area contributed by atoms with Gasteiger partial charge in [0.15, 0.2) is 0 Å². The van der Waals surface area contributed by atoms with Crippen LogP contribution in [0.3, 0.4) is 0 Å². The summed E-state index contributed by atoms with van der Waals surface area (Å²) in [5.41, 5.74) is 1.38. The smallest absolute Gasteiger partial charge is 0.270 e. The van der Waals surface area contributed by atoms with Crippen molar-refractivity contribution < 1.29 is 14.5 Å². The van der Waals surface area contributed by atoms with Crippen LogP contribution in [0.25, 0.3) is 0 Å². The molecule has 27 heavy (non-hydrogen) atoms. The number of anilines is 2. The van der Waals surface area contributed by atoms with Gasteiger partial charge >= 0.3 is 0 Å². The minimum atomic E-state index is -0.492. The lowest BCUT2D eigenvalue weighted by Crippen LogP contribution is -2.24. The van der Waals surface area contributed by atoms with E-state index in [0.717, 1.165) is 25.7 Å². The first kappa shape index (κ1) is 18.7. The van der Waals surface area contributed by atoms with E-state index in [1.807, 2.05) is 0 Å². The van der Waals surface area contributed by atoms with Crippen LogP contribution >= 0.6 is 0 Å². The van der Waals surface area contributed by atoms with Gasteiger partial charge in [0.25, 0.3) is 11.6 Å². The number of nitro groups is 1. The summed E-state index contributed by atoms with van der Waals surface area (Å²) in [4.78, 5) is 23.5. The van der Waals surface area contributed by atoms with Crippen LogP contribution in [0.4, 0.5) is 17.1 Å². The fraction of sp³-hybridized carbons (Fsp3) is 0.350. The molecule has 1 aliphatic carbocycles. The highest BCUT2D eigenvalue weighted by Crippen LogP contribution is 2.27. The third-order valence-electron chi connectivity index (χ3n) is 4.77. The molecule has 0 saturated heterocycles. The Balaban J connectivity index is 1.83. The zero-order valence-corrected chi connectivity index (χ0v) is 15.2. The Hall–Kier alpha value is -3.09. The molecular weight excluding hydrogens is 346 g/mol. The summed E-state index contributed by atoms with van der Waals surface area (Å²) in [5, 5.41) is 17.3. The fourth-order valence-electron chi connectivity index (χ4n) is 3.30. The van der Waals surface area contributed by atoms with E-state index in [-0.39, 0.29) is 23.2 Å². The van der Waals surface area contributed by atoms with Gasteiger partial charge in [-0.25, -0.2) is 0 Å². The van der Waals surface area contributed by atoms with E-state index < -0.39 is 4.92 Å². The summed E-state index contributed by atoms with van der Waals surface area (Å²) in [7, 11) is 1.57. The van der Waals surface area contributed by atoms with E-state index in [1.54, 1.807) is 37.4 Å². The molecule has 142 valence electrons. The van der Waals surface area contributed by atoms with Gasteiger partial charge in [-0.2, -0.15) is 0 Å². The molecule has 1 saturated carbocycles. The monoisotopic (exact) mass is 369 g/mol. The lowest BCUT2D eigenvalue weighted by atomic mass is 9.95. The number of carbonyl (C=O) groups excluding carboxylic acids is 1. The van der Waals surface area contributed by atoms with Crippen LogP contribution in [-0.4, -0.2) is 24.0 Å². The number of non-ortho nitro benzene ring substituents is 1. The largest absolute Gasteiger partial charge is 0.497 e. The van der Waals surface area contributed by atoms with Gasteiger partial charge in [-0.1, -0.05) is 19.3 Å². The van der Waals surface area contributed by atoms with Gasteiger partial charge in [-0.15, -0.1) is 0 Å². The van der Waals surface area contributed by atoms with Gasteiger partial charge in [0, 0.05) is 29.5 Å². The van der Waals surface area contributed by atoms with E-state index >= 15 is 0 Å². The van der Waals surface area contributed by atoms with Crippen molar-refractivity contribution in [2.24, 2.45) is 0 Å². The quantitative estimate of drug-likeness (QED) is 0.573. The summed E-state index contributed by atoms with van der Waals surface area (Å²) in [6, 6.07) is 11.6. The van der Waals surface area contributed by atoms with Crippen molar-refractivity contribution in [3.05, 3.63) is 58.1 Å². The maximum atomic E-state index is 12.8. The summed E-state index contributed by atoms with van der Waals surface area (Å²) in [6.07, 6.45) is 5.60. The van der Waals surface area contributed by atoms with E-state index in [2.05, 4.69) is 10.6 Å². The summed E-state index contributed by atoms with van der Waals surface area (Å²) >= 11 is 0. The molecule has 1 fully saturated rings. The van der Waals surface area contributed by atoms with Gasteiger partial charge < -0.3 is 15.4 Å². The van der Waals surface area contributed by atoms with Gasteiger partial charge in [0.2, 0.25) is 0 Å². The highest BCUT2D eigenvalue weighted by atomic mass is 16.6. The van der Waals surface area contributed by atoms with Gasteiger partial charge in [-0.3, -0.25) is 14.9 Å². The standard InChI is InChI=1S/C20H23N3O4/c1-27-17-10-7-15(8-11-17)22-20(24)18-13-16(23(25)26)9-12-19(18)21-14-5-3-2-4-6-14/h7-14,21H,2-6H2,1H3,(H,22,24). The van der Waals surface area contributed by atoms with Crippen molar-refractivity contribution >= 4 is 23.0 Å². The van der Waals surface area contributed by atoms with Crippen LogP contribution in [0.2, 0.25) is 0 Å². The first-order chi connectivity index (χ1) is 13.1. The summed E-state index contributed by atoms with van der Waals surface area (Å²) in [6.45, 7) is 0. The second-order valence-electron chi connectivity index (χ2n) is 6.65. The van der Waals surface area contributed by atoms with Gasteiger partial charge in [-0.05, 0) is 43.2 Å². The predicted molar refractivity (Wildman–Crippen MR) is 105 cm³/mol. The number of rotatable bonds is 6. The van der Waals surface area contributed by atoms with Crippen molar-refractivity contribution in [3.63, 3.8) is 0 Å². The molecule has 3 rings (SSSR count). The Morgan fingerprint density at radius 2 is 1.81 bits per heavy atom. The maximum Gasteiger partial charge on any atom is 0.270 e. The van der Waals surface area contributed by atoms with E-state index in [4.69, 9.17) is 4.74 Å². The maximum absolute atomic E-state index is 12.8. The molecular formula is C20H23N3O4. The minimum absolute atomic E-state index is 0.107. The zero-order valence-electron chi connectivity index (χ0n) is 15.2. The number of nitrogens with one attached hydrogen (secondary N) is 2. The van der Waals surface area contributed by atoms with Crippen molar-refractivity contribution in [1.82, 2.24) is 0 Å². The van der Waals surface area contributed by atoms with Crippen molar-refractivity contribution in [1.29, 1.82) is 0 Å². The Morgan fingerprint density at radius 3 is 2.44 bits per heavy atom. The molecule has 0 bridgehead atoms. The molecule has 2 N–H and O–H groups in total. The molecule has 1 aliphatic rings. The Kier molecular flexibility index (Phi) is 5.90. The molecule has 0 atom stereocenters. The SMILES string of the molecule is COc1ccc(NC(=O)c2cc([N+](=O)[O-])ccc2NC2CCCCC2)cc1. The normalized spacial score (nSPS) is 14.4. The Morgan fingerprint density at radius 1 is 1.11 bits per heavy atom. The van der Waals surface area contributed by atoms with Crippen molar-refractivity contribution in [3.8, 4) is 5.75 Å². The van der Waals surface area contributed by atoms with Crippen molar-refractivity contribution in [2.45, 2.75) is 38.1 Å². The summed E-state index contributed by atoms with van der Waals surface area (Å²) in [5.74, 6) is 0.296. The van der Waals surface area contributed by atoms with Crippen molar-refractivity contribution in [2.75, 3.05) is 17.7 Å². The van der Waals surface area contributed by atoms with Gasteiger partial charge in [0.1, 0.15) is 5.75 Å². The molecule has 0 aromatic heterocycles. The fourth-order valence-corrected chi connectivity index (χ4v) is 3.30. The van der Waals surface area contributed by atoms with Crippen LogP contribution in [0, 0.1) is 10.1 Å². The number of nitrogens with zero attached hydrogens (tertiary/aromatic N) is 1. The lowest BCUT2D eigenvalue weighted by molar-refractivity contribution is -0.384. The Labute approximate surface area is 157 Å². The number of hydrogen-bond donors (Lipinski definition) is 2. The first-order valence-electron chi connectivity index (χ1n) is 9.07. The number of hydrogen-bond acceptors (Lipinski definition) is 5. The van der Waals surface area contributed by atoms with E-state index in [9.17, 15) is 14.9 Å². The van der Waals surface area contributed by atoms with Crippen LogP contribution < -0.4 is 15.4 Å². The topological polar surface area (TPSA) is 93.5 Å². The van der Waals surface area contributed by atoms with E-state index in [0.29, 0.717) is 17.1 Å². The molecule has 0 radical (unpaired) electrons. The number of amides is 1. The van der Waals surface area contributed by atoms with Crippen LogP contribution in [0.5, 0.6) is 5.75 Å². The molecule has 0 unspecified atom stereocenters. The molecule has 7 nitrogen and oxygen atoms in total. The summed E-state index contributed by atoms with van der Waals surface area (Å²) < 4.78 is 5.11. The predicted octanol–water partition coefficient (Wildman–Crippen LogP) is 4.60. The molecule has 0 spiro atoms. The van der Waals surface area contributed by atoms with Crippen LogP contribution in [0.15, 0.2) is 42.5 Å². The molecule has 0 aliphatic heterocycles. The average molecular weight is 369 g/mol. The van der Waals surface area contributed by atoms with Crippen LogP contribution in [0.1, 0.15) is 42.5 Å². The minimum Gasteiger partial charge on any atom is -0.497 e. The highest BCUT2D eigenvalue weighted by molar-refractivity contribution is 6.08. The number of benzene rings is 2. The average Bonchev–Trinajstić information content (AvgIpc) is 2.69. The third-order valence-corrected chi connectivity index (χ3v) is 4.77. The second-order valence-corrected chi connectivity index (χ2v) is 6.65. The number of nitro benzene ring substituents is 1. The van der Waals surface area contributed by atoms with Crippen LogP contribution in [-0.2, 0) is 0 Å². The van der Waals surface area contributed by atoms with Gasteiger partial charge in [0.05, 0.1) is 17.6 Å². The molecule has 1 amide bonds. The Bertz CT molecular complexity index is 814. The lowest BCUT2D eigenvalue weighted by Gasteiger charge is -2.25. The molecule has 0 heterocycles.